The van der Waals surface area contributed by atoms with Crippen LogP contribution in [0.15, 0.2) is 88.1 Å². The molecule has 0 bridgehead atoms. The van der Waals surface area contributed by atoms with Gasteiger partial charge in [-0.05, 0) is 41.3 Å². The van der Waals surface area contributed by atoms with E-state index in [-0.39, 0.29) is 0 Å². The third-order valence-corrected chi connectivity index (χ3v) is 3.66. The summed E-state index contributed by atoms with van der Waals surface area (Å²) in [5.41, 5.74) is 3.96. The van der Waals surface area contributed by atoms with Crippen LogP contribution in [0.25, 0.3) is 12.2 Å². The van der Waals surface area contributed by atoms with E-state index in [0.29, 0.717) is 0 Å². The summed E-state index contributed by atoms with van der Waals surface area (Å²) in [6.45, 7) is 0. The standard InChI is InChI=1S/C20H20N4S/c1-25-20(23-21-16-8-14-18-10-4-2-5-11-18)24-22-17-9-15-19-12-6-3-7-13-19/h2-17H,1H3,(H,23,24)/p+1. The van der Waals surface area contributed by atoms with Crippen molar-refractivity contribution in [2.45, 2.75) is 0 Å². The molecule has 0 atom stereocenters. The van der Waals surface area contributed by atoms with Crippen molar-refractivity contribution >= 4 is 41.5 Å². The van der Waals surface area contributed by atoms with Crippen LogP contribution in [-0.4, -0.2) is 23.9 Å². The number of nitrogens with two attached hydrogens (primary N) is 1. The van der Waals surface area contributed by atoms with Gasteiger partial charge in [-0.25, -0.2) is 0 Å². The Balaban J connectivity index is 1.79. The van der Waals surface area contributed by atoms with Crippen LogP contribution < -0.4 is 5.43 Å². The monoisotopic (exact) mass is 349 g/mol. The fraction of sp³-hybridized carbons (Fsp3) is 0.0500. The first-order valence-corrected chi connectivity index (χ1v) is 9.06. The van der Waals surface area contributed by atoms with Crippen molar-refractivity contribution in [1.82, 2.24) is 0 Å². The van der Waals surface area contributed by atoms with E-state index in [9.17, 15) is 0 Å². The highest BCUT2D eigenvalue weighted by atomic mass is 32.2. The summed E-state index contributed by atoms with van der Waals surface area (Å²) in [5.74, 6) is 0. The van der Waals surface area contributed by atoms with Crippen molar-refractivity contribution in [3.05, 3.63) is 83.9 Å². The molecular weight excluding hydrogens is 328 g/mol. The van der Waals surface area contributed by atoms with Crippen molar-refractivity contribution < 1.29 is 5.43 Å². The molecule has 126 valence electrons. The predicted octanol–water partition coefficient (Wildman–Crippen LogP) is 3.67. The summed E-state index contributed by atoms with van der Waals surface area (Å²) < 4.78 is 0. The van der Waals surface area contributed by atoms with E-state index >= 15 is 0 Å². The molecule has 5 heteroatoms. The van der Waals surface area contributed by atoms with Crippen LogP contribution in [0.3, 0.4) is 0 Å². The summed E-state index contributed by atoms with van der Waals surface area (Å²) in [4.78, 5) is 0. The van der Waals surface area contributed by atoms with E-state index in [2.05, 4.69) is 15.3 Å². The molecule has 2 rings (SSSR count). The van der Waals surface area contributed by atoms with Gasteiger partial charge in [0.15, 0.2) is 0 Å². The second kappa shape index (κ2) is 11.7. The second-order valence-corrected chi connectivity index (χ2v) is 5.70. The number of nitrogens with zero attached hydrogens (tertiary/aromatic N) is 3. The zero-order chi connectivity index (χ0) is 17.6. The van der Waals surface area contributed by atoms with Crippen molar-refractivity contribution in [2.24, 2.45) is 15.3 Å². The van der Waals surface area contributed by atoms with Crippen LogP contribution in [0.2, 0.25) is 0 Å². The second-order valence-electron chi connectivity index (χ2n) is 4.87. The van der Waals surface area contributed by atoms with Crippen LogP contribution in [0.1, 0.15) is 11.1 Å². The normalized spacial score (nSPS) is 12.9. The van der Waals surface area contributed by atoms with Gasteiger partial charge in [-0.15, -0.1) is 0 Å². The van der Waals surface area contributed by atoms with E-state index in [4.69, 9.17) is 0 Å². The maximum Gasteiger partial charge on any atom is 0.305 e. The fourth-order valence-electron chi connectivity index (χ4n) is 1.84. The Hall–Kier alpha value is -2.76. The molecule has 0 fully saturated rings. The summed E-state index contributed by atoms with van der Waals surface area (Å²) in [6.07, 6.45) is 13.1. The Morgan fingerprint density at radius 2 is 1.40 bits per heavy atom. The van der Waals surface area contributed by atoms with Gasteiger partial charge in [0.1, 0.15) is 0 Å². The van der Waals surface area contributed by atoms with Gasteiger partial charge in [0, 0.05) is 6.21 Å². The van der Waals surface area contributed by atoms with E-state index in [1.54, 1.807) is 17.9 Å². The van der Waals surface area contributed by atoms with Gasteiger partial charge in [-0.1, -0.05) is 83.0 Å². The number of hydrogen-bond donors (Lipinski definition) is 1. The third kappa shape index (κ3) is 8.06. The average Bonchev–Trinajstić information content (AvgIpc) is 2.67. The SMILES string of the molecule is CSC(=NN=CC=Cc1ccccc1)[NH2+]N=CC=Cc1ccccc1. The smallest absolute Gasteiger partial charge is 0.165 e. The van der Waals surface area contributed by atoms with Gasteiger partial charge in [-0.2, -0.15) is 10.5 Å². The van der Waals surface area contributed by atoms with Gasteiger partial charge < -0.3 is 0 Å². The van der Waals surface area contributed by atoms with Crippen molar-refractivity contribution in [1.29, 1.82) is 0 Å². The molecule has 0 unspecified atom stereocenters. The van der Waals surface area contributed by atoms with Gasteiger partial charge in [0.25, 0.3) is 0 Å². The van der Waals surface area contributed by atoms with Crippen LogP contribution >= 0.6 is 11.8 Å². The topological polar surface area (TPSA) is 53.7 Å². The first-order valence-electron chi connectivity index (χ1n) is 7.83. The first kappa shape index (κ1) is 18.6. The Morgan fingerprint density at radius 1 is 0.840 bits per heavy atom. The molecule has 0 aliphatic heterocycles. The maximum atomic E-state index is 4.22. The number of amidine groups is 1. The number of hydrogen-bond acceptors (Lipinski definition) is 4. The van der Waals surface area contributed by atoms with E-state index < -0.39 is 0 Å². The Kier molecular flexibility index (Phi) is 8.71. The lowest BCUT2D eigenvalue weighted by atomic mass is 10.2. The predicted molar refractivity (Wildman–Crippen MR) is 111 cm³/mol. The lowest BCUT2D eigenvalue weighted by Gasteiger charge is -1.91. The summed E-state index contributed by atoms with van der Waals surface area (Å²) >= 11 is 1.50. The molecular formula is C20H21N4S+. The van der Waals surface area contributed by atoms with Crippen molar-refractivity contribution in [3.8, 4) is 0 Å². The van der Waals surface area contributed by atoms with Gasteiger partial charge >= 0.3 is 5.17 Å². The van der Waals surface area contributed by atoms with Gasteiger partial charge in [-0.3, -0.25) is 0 Å². The quantitative estimate of drug-likeness (QED) is 0.368. The minimum Gasteiger partial charge on any atom is -0.165 e. The summed E-state index contributed by atoms with van der Waals surface area (Å²) in [7, 11) is 0. The lowest BCUT2D eigenvalue weighted by Crippen LogP contribution is -2.81. The van der Waals surface area contributed by atoms with E-state index in [1.165, 1.54) is 11.8 Å². The van der Waals surface area contributed by atoms with Crippen molar-refractivity contribution in [3.63, 3.8) is 0 Å². The Bertz CT molecular complexity index is 763. The Labute approximate surface area is 152 Å². The van der Waals surface area contributed by atoms with Crippen LogP contribution in [0.4, 0.5) is 0 Å². The van der Waals surface area contributed by atoms with Crippen molar-refractivity contribution in [2.75, 3.05) is 6.26 Å². The van der Waals surface area contributed by atoms with Crippen LogP contribution in [0.5, 0.6) is 0 Å². The summed E-state index contributed by atoms with van der Waals surface area (Å²) in [6, 6.07) is 20.2. The van der Waals surface area contributed by atoms with Gasteiger partial charge in [0.05, 0.1) is 6.21 Å². The van der Waals surface area contributed by atoms with Crippen LogP contribution in [0, 0.1) is 0 Å². The number of benzene rings is 2. The molecule has 0 aliphatic carbocycles. The molecule has 0 saturated carbocycles. The highest BCUT2D eigenvalue weighted by Crippen LogP contribution is 2.00. The summed E-state index contributed by atoms with van der Waals surface area (Å²) in [5, 5.41) is 13.1. The van der Waals surface area contributed by atoms with Gasteiger partial charge in [0.2, 0.25) is 0 Å². The number of rotatable bonds is 6. The first-order chi connectivity index (χ1) is 12.4. The van der Waals surface area contributed by atoms with E-state index in [0.717, 1.165) is 16.3 Å². The number of quaternary nitrogens is 1. The highest BCUT2D eigenvalue weighted by molar-refractivity contribution is 8.12. The highest BCUT2D eigenvalue weighted by Gasteiger charge is 1.97. The molecule has 2 aromatic rings. The molecule has 0 aliphatic rings. The fourth-order valence-corrected chi connectivity index (χ4v) is 2.14. The maximum absolute atomic E-state index is 4.22. The minimum atomic E-state index is 0.744. The largest absolute Gasteiger partial charge is 0.305 e. The Morgan fingerprint density at radius 3 is 1.96 bits per heavy atom. The average molecular weight is 349 g/mol. The molecule has 0 spiro atoms. The third-order valence-electron chi connectivity index (χ3n) is 3.05. The molecule has 0 heterocycles. The lowest BCUT2D eigenvalue weighted by molar-refractivity contribution is -0.539. The number of thioether (sulfide) groups is 1. The van der Waals surface area contributed by atoms with E-state index in [1.807, 2.05) is 91.2 Å². The molecule has 25 heavy (non-hydrogen) atoms. The molecule has 4 nitrogen and oxygen atoms in total. The molecule has 0 radical (unpaired) electrons. The molecule has 2 aromatic carbocycles. The molecule has 0 saturated heterocycles. The zero-order valence-electron chi connectivity index (χ0n) is 14.1. The minimum absolute atomic E-state index is 0.744. The molecule has 0 amide bonds. The number of allylic oxidation sites excluding steroid dienone is 2. The molecule has 0 aromatic heterocycles. The van der Waals surface area contributed by atoms with Crippen LogP contribution in [-0.2, 0) is 0 Å². The molecule has 2 N–H and O–H groups in total. The zero-order valence-corrected chi connectivity index (χ0v) is 14.9.